The van der Waals surface area contributed by atoms with E-state index in [1.807, 2.05) is 0 Å². The maximum atomic E-state index is 1.59. The summed E-state index contributed by atoms with van der Waals surface area (Å²) >= 11 is 0. The van der Waals surface area contributed by atoms with E-state index in [0.717, 1.165) is 10.8 Å². The summed E-state index contributed by atoms with van der Waals surface area (Å²) in [6.07, 6.45) is 15.7. The predicted molar refractivity (Wildman–Crippen MR) is 51.0 cm³/mol. The fourth-order valence-corrected chi connectivity index (χ4v) is 3.61. The lowest BCUT2D eigenvalue weighted by atomic mass is 9.68. The Labute approximate surface area is 75.7 Å². The lowest BCUT2D eigenvalue weighted by Crippen LogP contribution is -2.25. The molecule has 0 heteroatoms. The van der Waals surface area contributed by atoms with Crippen molar-refractivity contribution in [3.63, 3.8) is 0 Å². The zero-order valence-electron chi connectivity index (χ0n) is 8.07. The average Bonchev–Trinajstić information content (AvgIpc) is 2.72. The SMILES string of the molecule is C1CCC2(C1)CCC1(CC2)CC1. The third kappa shape index (κ3) is 1.03. The molecule has 0 radical (unpaired) electrons. The van der Waals surface area contributed by atoms with E-state index in [-0.39, 0.29) is 0 Å². The molecule has 0 amide bonds. The second kappa shape index (κ2) is 2.27. The minimum atomic E-state index is 0.869. The number of rotatable bonds is 0. The molecule has 0 aromatic carbocycles. The summed E-state index contributed by atoms with van der Waals surface area (Å²) in [7, 11) is 0. The van der Waals surface area contributed by atoms with E-state index in [4.69, 9.17) is 0 Å². The second-order valence-corrected chi connectivity index (χ2v) is 5.71. The monoisotopic (exact) mass is 164 g/mol. The van der Waals surface area contributed by atoms with Crippen molar-refractivity contribution in [2.45, 2.75) is 64.2 Å². The molecule has 0 aromatic rings. The Bertz CT molecular complexity index is 170. The van der Waals surface area contributed by atoms with Crippen molar-refractivity contribution in [2.24, 2.45) is 10.8 Å². The molecule has 12 heavy (non-hydrogen) atoms. The maximum Gasteiger partial charge on any atom is -0.0297 e. The summed E-state index contributed by atoms with van der Waals surface area (Å²) in [6.45, 7) is 0. The van der Waals surface area contributed by atoms with Crippen LogP contribution in [0.3, 0.4) is 0 Å². The first-order valence-electron chi connectivity index (χ1n) is 5.83. The minimum Gasteiger partial charge on any atom is -0.0528 e. The van der Waals surface area contributed by atoms with Crippen molar-refractivity contribution in [1.29, 1.82) is 0 Å². The molecule has 3 rings (SSSR count). The summed E-state index contributed by atoms with van der Waals surface area (Å²) in [6, 6.07) is 0. The van der Waals surface area contributed by atoms with Crippen LogP contribution in [-0.2, 0) is 0 Å². The molecule has 3 saturated carbocycles. The van der Waals surface area contributed by atoms with Gasteiger partial charge in [0.1, 0.15) is 0 Å². The van der Waals surface area contributed by atoms with Gasteiger partial charge in [-0.2, -0.15) is 0 Å². The van der Waals surface area contributed by atoms with Crippen molar-refractivity contribution in [2.75, 3.05) is 0 Å². The fraction of sp³-hybridized carbons (Fsp3) is 1.00. The van der Waals surface area contributed by atoms with Gasteiger partial charge in [0, 0.05) is 0 Å². The van der Waals surface area contributed by atoms with Crippen molar-refractivity contribution in [3.05, 3.63) is 0 Å². The zero-order chi connectivity index (χ0) is 8.07. The second-order valence-electron chi connectivity index (χ2n) is 5.71. The van der Waals surface area contributed by atoms with E-state index in [0.29, 0.717) is 0 Å². The molecule has 0 atom stereocenters. The third-order valence-electron chi connectivity index (χ3n) is 4.99. The maximum absolute atomic E-state index is 1.59. The largest absolute Gasteiger partial charge is 0.0528 e. The normalized spacial score (nSPS) is 36.0. The lowest BCUT2D eigenvalue weighted by Gasteiger charge is -2.37. The molecule has 0 aliphatic heterocycles. The molecule has 0 N–H and O–H groups in total. The quantitative estimate of drug-likeness (QED) is 0.509. The Morgan fingerprint density at radius 3 is 1.17 bits per heavy atom. The number of hydrogen-bond acceptors (Lipinski definition) is 0. The van der Waals surface area contributed by atoms with Crippen LogP contribution in [0, 0.1) is 10.8 Å². The zero-order valence-corrected chi connectivity index (χ0v) is 8.07. The number of hydrogen-bond donors (Lipinski definition) is 0. The molecular formula is C12H20. The molecule has 3 fully saturated rings. The summed E-state index contributed by atoms with van der Waals surface area (Å²) in [5.74, 6) is 0. The van der Waals surface area contributed by atoms with Gasteiger partial charge in [0.15, 0.2) is 0 Å². The fourth-order valence-electron chi connectivity index (χ4n) is 3.61. The van der Waals surface area contributed by atoms with Gasteiger partial charge in [-0.1, -0.05) is 12.8 Å². The van der Waals surface area contributed by atoms with E-state index in [1.165, 1.54) is 12.8 Å². The molecule has 0 aromatic heterocycles. The molecule has 0 unspecified atom stereocenters. The minimum absolute atomic E-state index is 0.869. The van der Waals surface area contributed by atoms with E-state index in [2.05, 4.69) is 0 Å². The highest BCUT2D eigenvalue weighted by atomic mass is 14.5. The highest BCUT2D eigenvalue weighted by Gasteiger charge is 2.49. The molecule has 3 aliphatic carbocycles. The lowest BCUT2D eigenvalue weighted by molar-refractivity contribution is 0.144. The van der Waals surface area contributed by atoms with Crippen LogP contribution in [-0.4, -0.2) is 0 Å². The Morgan fingerprint density at radius 2 is 0.750 bits per heavy atom. The molecule has 0 saturated heterocycles. The van der Waals surface area contributed by atoms with Gasteiger partial charge in [0.25, 0.3) is 0 Å². The van der Waals surface area contributed by atoms with Crippen LogP contribution in [0.15, 0.2) is 0 Å². The van der Waals surface area contributed by atoms with E-state index >= 15 is 0 Å². The Morgan fingerprint density at radius 1 is 0.417 bits per heavy atom. The van der Waals surface area contributed by atoms with Gasteiger partial charge in [0.05, 0.1) is 0 Å². The van der Waals surface area contributed by atoms with Gasteiger partial charge in [-0.15, -0.1) is 0 Å². The van der Waals surface area contributed by atoms with Crippen LogP contribution >= 0.6 is 0 Å². The van der Waals surface area contributed by atoms with Crippen molar-refractivity contribution >= 4 is 0 Å². The van der Waals surface area contributed by atoms with Gasteiger partial charge in [-0.05, 0) is 62.2 Å². The van der Waals surface area contributed by atoms with Crippen LogP contribution in [0.5, 0.6) is 0 Å². The first-order valence-corrected chi connectivity index (χ1v) is 5.83. The Balaban J connectivity index is 1.69. The summed E-state index contributed by atoms with van der Waals surface area (Å²) in [4.78, 5) is 0. The average molecular weight is 164 g/mol. The van der Waals surface area contributed by atoms with E-state index in [1.54, 1.807) is 51.4 Å². The smallest absolute Gasteiger partial charge is 0.0297 e. The van der Waals surface area contributed by atoms with Crippen LogP contribution in [0.1, 0.15) is 64.2 Å². The van der Waals surface area contributed by atoms with Gasteiger partial charge in [0.2, 0.25) is 0 Å². The molecule has 3 aliphatic rings. The molecule has 0 heterocycles. The summed E-state index contributed by atoms with van der Waals surface area (Å²) in [5.41, 5.74) is 1.78. The Kier molecular flexibility index (Phi) is 1.40. The van der Waals surface area contributed by atoms with E-state index in [9.17, 15) is 0 Å². The molecule has 0 nitrogen and oxygen atoms in total. The highest BCUT2D eigenvalue weighted by molar-refractivity contribution is 5.01. The van der Waals surface area contributed by atoms with Crippen LogP contribution in [0.25, 0.3) is 0 Å². The van der Waals surface area contributed by atoms with Crippen LogP contribution < -0.4 is 0 Å². The first-order chi connectivity index (χ1) is 5.83. The molecular weight excluding hydrogens is 144 g/mol. The van der Waals surface area contributed by atoms with Gasteiger partial charge >= 0.3 is 0 Å². The topological polar surface area (TPSA) is 0 Å². The van der Waals surface area contributed by atoms with E-state index < -0.39 is 0 Å². The van der Waals surface area contributed by atoms with Gasteiger partial charge in [-0.3, -0.25) is 0 Å². The third-order valence-corrected chi connectivity index (χ3v) is 4.99. The van der Waals surface area contributed by atoms with Crippen molar-refractivity contribution in [1.82, 2.24) is 0 Å². The molecule has 0 bridgehead atoms. The molecule has 68 valence electrons. The molecule has 2 spiro atoms. The van der Waals surface area contributed by atoms with Crippen molar-refractivity contribution in [3.8, 4) is 0 Å². The standard InChI is InChI=1S/C12H20/c1-2-4-11(3-1)5-7-12(8-6-11)9-10-12/h1-10H2. The van der Waals surface area contributed by atoms with Crippen LogP contribution in [0.2, 0.25) is 0 Å². The van der Waals surface area contributed by atoms with Crippen LogP contribution in [0.4, 0.5) is 0 Å². The Hall–Kier alpha value is 0. The van der Waals surface area contributed by atoms with Crippen molar-refractivity contribution < 1.29 is 0 Å². The van der Waals surface area contributed by atoms with Gasteiger partial charge in [-0.25, -0.2) is 0 Å². The summed E-state index contributed by atoms with van der Waals surface area (Å²) in [5, 5.41) is 0. The highest BCUT2D eigenvalue weighted by Crippen LogP contribution is 2.62. The predicted octanol–water partition coefficient (Wildman–Crippen LogP) is 3.90. The van der Waals surface area contributed by atoms with Gasteiger partial charge < -0.3 is 0 Å². The first kappa shape index (κ1) is 7.41. The summed E-state index contributed by atoms with van der Waals surface area (Å²) < 4.78 is 0.